The first-order chi connectivity index (χ1) is 15.3. The van der Waals surface area contributed by atoms with Gasteiger partial charge in [0, 0.05) is 0 Å². The highest BCUT2D eigenvalue weighted by Crippen LogP contribution is 2.27. The van der Waals surface area contributed by atoms with Gasteiger partial charge in [-0.2, -0.15) is 0 Å². The number of rotatable bonds is 10. The number of benzene rings is 3. The highest BCUT2D eigenvalue weighted by Gasteiger charge is 2.12. The zero-order valence-electron chi connectivity index (χ0n) is 17.8. The highest BCUT2D eigenvalue weighted by atomic mass is 16.5. The molecule has 0 saturated carbocycles. The second-order valence-corrected chi connectivity index (χ2v) is 6.86. The molecule has 0 N–H and O–H groups in total. The second-order valence-electron chi connectivity index (χ2n) is 6.86. The first-order valence-electron chi connectivity index (χ1n) is 10.3. The van der Waals surface area contributed by atoms with Crippen LogP contribution in [0.3, 0.4) is 0 Å². The highest BCUT2D eigenvalue weighted by molar-refractivity contribution is 5.75. The molecule has 6 nitrogen and oxygen atoms in total. The van der Waals surface area contributed by atoms with E-state index >= 15 is 0 Å². The quantitative estimate of drug-likeness (QED) is 0.359. The number of hydrogen-bond acceptors (Lipinski definition) is 5. The maximum atomic E-state index is 6.03. The van der Waals surface area contributed by atoms with Crippen molar-refractivity contribution in [3.63, 3.8) is 0 Å². The average molecular weight is 418 g/mol. The first kappa shape index (κ1) is 20.6. The van der Waals surface area contributed by atoms with Crippen molar-refractivity contribution in [1.29, 1.82) is 0 Å². The van der Waals surface area contributed by atoms with E-state index in [9.17, 15) is 0 Å². The Kier molecular flexibility index (Phi) is 6.57. The van der Waals surface area contributed by atoms with Crippen LogP contribution >= 0.6 is 0 Å². The molecule has 0 saturated heterocycles. The number of hydrogen-bond donors (Lipinski definition) is 0. The Balaban J connectivity index is 1.48. The molecule has 4 aromatic rings. The van der Waals surface area contributed by atoms with Gasteiger partial charge in [-0.05, 0) is 55.5 Å². The third-order valence-corrected chi connectivity index (χ3v) is 4.88. The molecule has 0 aliphatic heterocycles. The van der Waals surface area contributed by atoms with E-state index in [1.807, 2.05) is 73.7 Å². The molecular weight excluding hydrogens is 392 g/mol. The van der Waals surface area contributed by atoms with Crippen molar-refractivity contribution in [2.45, 2.75) is 20.1 Å². The third-order valence-electron chi connectivity index (χ3n) is 4.88. The summed E-state index contributed by atoms with van der Waals surface area (Å²) in [7, 11) is 1.65. The largest absolute Gasteiger partial charge is 0.497 e. The molecule has 0 spiro atoms. The third kappa shape index (κ3) is 4.91. The van der Waals surface area contributed by atoms with E-state index in [-0.39, 0.29) is 0 Å². The van der Waals surface area contributed by atoms with Gasteiger partial charge in [0.2, 0.25) is 0 Å². The Bertz CT molecular complexity index is 1120. The summed E-state index contributed by atoms with van der Waals surface area (Å²) < 4.78 is 25.0. The predicted octanol–water partition coefficient (Wildman–Crippen LogP) is 5.10. The monoisotopic (exact) mass is 418 g/mol. The molecule has 0 atom stereocenters. The van der Waals surface area contributed by atoms with Gasteiger partial charge >= 0.3 is 0 Å². The molecule has 0 radical (unpaired) electrons. The van der Waals surface area contributed by atoms with E-state index in [0.717, 1.165) is 39.9 Å². The van der Waals surface area contributed by atoms with E-state index < -0.39 is 0 Å². The summed E-state index contributed by atoms with van der Waals surface area (Å²) in [4.78, 5) is 4.77. The molecule has 31 heavy (non-hydrogen) atoms. The normalized spacial score (nSPS) is 10.8. The van der Waals surface area contributed by atoms with Crippen LogP contribution in [-0.4, -0.2) is 29.9 Å². The Morgan fingerprint density at radius 2 is 1.45 bits per heavy atom. The Hall–Kier alpha value is -3.67. The van der Waals surface area contributed by atoms with Crippen LogP contribution < -0.4 is 18.9 Å². The van der Waals surface area contributed by atoms with Crippen molar-refractivity contribution >= 4 is 11.0 Å². The molecule has 0 fully saturated rings. The molecule has 0 unspecified atom stereocenters. The summed E-state index contributed by atoms with van der Waals surface area (Å²) in [6.07, 6.45) is 0. The molecule has 3 aromatic carbocycles. The van der Waals surface area contributed by atoms with Gasteiger partial charge in [-0.25, -0.2) is 4.98 Å². The van der Waals surface area contributed by atoms with Crippen molar-refractivity contribution in [2.75, 3.05) is 20.3 Å². The van der Waals surface area contributed by atoms with Gasteiger partial charge in [0.05, 0.1) is 31.3 Å². The van der Waals surface area contributed by atoms with Crippen LogP contribution in [0, 0.1) is 0 Å². The van der Waals surface area contributed by atoms with Gasteiger partial charge in [-0.3, -0.25) is 0 Å². The minimum atomic E-state index is 0.358. The molecule has 6 heteroatoms. The van der Waals surface area contributed by atoms with E-state index in [0.29, 0.717) is 26.4 Å². The van der Waals surface area contributed by atoms with Crippen molar-refractivity contribution in [1.82, 2.24) is 9.55 Å². The second kappa shape index (κ2) is 9.89. The van der Waals surface area contributed by atoms with E-state index in [4.69, 9.17) is 23.9 Å². The predicted molar refractivity (Wildman–Crippen MR) is 120 cm³/mol. The zero-order chi connectivity index (χ0) is 21.5. The van der Waals surface area contributed by atoms with Crippen LogP contribution in [0.4, 0.5) is 0 Å². The van der Waals surface area contributed by atoms with Crippen LogP contribution in [0.25, 0.3) is 11.0 Å². The van der Waals surface area contributed by atoms with Crippen molar-refractivity contribution in [2.24, 2.45) is 0 Å². The fourth-order valence-electron chi connectivity index (χ4n) is 3.40. The van der Waals surface area contributed by atoms with Crippen LogP contribution in [-0.2, 0) is 13.2 Å². The molecule has 4 rings (SSSR count). The van der Waals surface area contributed by atoms with E-state index in [1.54, 1.807) is 7.11 Å². The van der Waals surface area contributed by atoms with Crippen molar-refractivity contribution < 1.29 is 18.9 Å². The number of nitrogens with zero attached hydrogens (tertiary/aromatic N) is 2. The van der Waals surface area contributed by atoms with Gasteiger partial charge < -0.3 is 23.5 Å². The van der Waals surface area contributed by atoms with Gasteiger partial charge in [-0.1, -0.05) is 24.3 Å². The first-order valence-corrected chi connectivity index (χ1v) is 10.3. The van der Waals surface area contributed by atoms with Crippen LogP contribution in [0.15, 0.2) is 72.8 Å². The lowest BCUT2D eigenvalue weighted by Gasteiger charge is -2.14. The Labute approximate surface area is 182 Å². The summed E-state index contributed by atoms with van der Waals surface area (Å²) in [5.74, 6) is 3.90. The van der Waals surface area contributed by atoms with Crippen LogP contribution in [0.5, 0.6) is 23.0 Å². The molecule has 1 heterocycles. The fourth-order valence-corrected chi connectivity index (χ4v) is 3.40. The maximum absolute atomic E-state index is 6.03. The van der Waals surface area contributed by atoms with E-state index in [2.05, 4.69) is 10.6 Å². The SMILES string of the molecule is CCOc1ccccc1OCCn1c(COc2ccc(OC)cc2)nc2ccccc21. The number of aromatic nitrogens is 2. The Morgan fingerprint density at radius 1 is 0.774 bits per heavy atom. The number of fused-ring (bicyclic) bond motifs is 1. The van der Waals surface area contributed by atoms with Gasteiger partial charge in [-0.15, -0.1) is 0 Å². The number of methoxy groups -OCH3 is 1. The fraction of sp³-hybridized carbons (Fsp3) is 0.240. The zero-order valence-corrected chi connectivity index (χ0v) is 17.8. The number of ether oxygens (including phenoxy) is 4. The maximum Gasteiger partial charge on any atom is 0.161 e. The summed E-state index contributed by atoms with van der Waals surface area (Å²) in [5, 5.41) is 0. The number of para-hydroxylation sites is 4. The van der Waals surface area contributed by atoms with Crippen LogP contribution in [0.1, 0.15) is 12.7 Å². The topological polar surface area (TPSA) is 54.7 Å². The molecule has 0 amide bonds. The standard InChI is InChI=1S/C25H26N2O4/c1-3-29-23-10-6-7-11-24(23)30-17-16-27-22-9-5-4-8-21(22)26-25(27)18-31-20-14-12-19(28-2)13-15-20/h4-15H,3,16-18H2,1-2H3. The average Bonchev–Trinajstić information content (AvgIpc) is 3.17. The van der Waals surface area contributed by atoms with Gasteiger partial charge in [0.25, 0.3) is 0 Å². The molecule has 1 aromatic heterocycles. The minimum absolute atomic E-state index is 0.358. The van der Waals surface area contributed by atoms with Gasteiger partial charge in [0.15, 0.2) is 11.5 Å². The summed E-state index contributed by atoms with van der Waals surface area (Å²) >= 11 is 0. The molecule has 0 aliphatic rings. The summed E-state index contributed by atoms with van der Waals surface area (Å²) in [6, 6.07) is 23.3. The molecular formula is C25H26N2O4. The lowest BCUT2D eigenvalue weighted by atomic mass is 10.3. The van der Waals surface area contributed by atoms with Gasteiger partial charge in [0.1, 0.15) is 30.5 Å². The smallest absolute Gasteiger partial charge is 0.161 e. The van der Waals surface area contributed by atoms with Crippen molar-refractivity contribution in [3.05, 3.63) is 78.6 Å². The lowest BCUT2D eigenvalue weighted by molar-refractivity contribution is 0.257. The molecule has 0 aliphatic carbocycles. The molecule has 0 bridgehead atoms. The van der Waals surface area contributed by atoms with E-state index in [1.165, 1.54) is 0 Å². The molecule has 160 valence electrons. The lowest BCUT2D eigenvalue weighted by Crippen LogP contribution is -2.13. The van der Waals surface area contributed by atoms with Crippen molar-refractivity contribution in [3.8, 4) is 23.0 Å². The number of imidazole rings is 1. The summed E-state index contributed by atoms with van der Waals surface area (Å²) in [6.45, 7) is 4.04. The summed E-state index contributed by atoms with van der Waals surface area (Å²) in [5.41, 5.74) is 1.99. The van der Waals surface area contributed by atoms with Crippen LogP contribution in [0.2, 0.25) is 0 Å². The Morgan fingerprint density at radius 3 is 2.19 bits per heavy atom. The minimum Gasteiger partial charge on any atom is -0.497 e.